The van der Waals surface area contributed by atoms with Crippen LogP contribution in [0.4, 0.5) is 10.2 Å². The first-order valence-corrected chi connectivity index (χ1v) is 6.30. The van der Waals surface area contributed by atoms with Gasteiger partial charge in [0.2, 0.25) is 0 Å². The zero-order chi connectivity index (χ0) is 15.1. The number of nitrogens with zero attached hydrogens (tertiary/aromatic N) is 3. The van der Waals surface area contributed by atoms with E-state index in [1.54, 1.807) is 6.07 Å². The maximum atomic E-state index is 14.4. The Hall–Kier alpha value is -1.95. The van der Waals surface area contributed by atoms with Crippen LogP contribution >= 0.6 is 11.6 Å². The molecule has 0 atom stereocenters. The van der Waals surface area contributed by atoms with E-state index in [9.17, 15) is 9.18 Å². The van der Waals surface area contributed by atoms with Crippen molar-refractivity contribution in [3.05, 3.63) is 34.6 Å². The Labute approximate surface area is 120 Å². The molecule has 0 aromatic carbocycles. The molecule has 0 spiro atoms. The van der Waals surface area contributed by atoms with Gasteiger partial charge in [0.05, 0.1) is 22.5 Å². The van der Waals surface area contributed by atoms with Gasteiger partial charge in [0, 0.05) is 0 Å². The number of hydrogen-bond donors (Lipinski definition) is 1. The van der Waals surface area contributed by atoms with Gasteiger partial charge >= 0.3 is 0 Å². The largest absolute Gasteiger partial charge is 0.384 e. The number of halogens is 2. The Morgan fingerprint density at radius 3 is 2.65 bits per heavy atom. The first-order valence-electron chi connectivity index (χ1n) is 5.92. The molecule has 5 nitrogen and oxygen atoms in total. The minimum atomic E-state index is -1.78. The molecule has 106 valence electrons. The van der Waals surface area contributed by atoms with Gasteiger partial charge in [-0.25, -0.2) is 14.1 Å². The van der Waals surface area contributed by atoms with Crippen LogP contribution in [0, 0.1) is 0 Å². The third-order valence-corrected chi connectivity index (χ3v) is 3.06. The Kier molecular flexibility index (Phi) is 3.52. The first-order chi connectivity index (χ1) is 9.21. The van der Waals surface area contributed by atoms with E-state index >= 15 is 0 Å². The van der Waals surface area contributed by atoms with Crippen molar-refractivity contribution in [3.63, 3.8) is 0 Å². The van der Waals surface area contributed by atoms with Crippen molar-refractivity contribution in [2.45, 2.75) is 26.4 Å². The molecule has 0 aliphatic rings. The number of aromatic nitrogens is 3. The van der Waals surface area contributed by atoms with Gasteiger partial charge in [-0.3, -0.25) is 4.79 Å². The molecule has 2 N–H and O–H groups in total. The summed E-state index contributed by atoms with van der Waals surface area (Å²) in [6.07, 6.45) is 1.31. The lowest BCUT2D eigenvalue weighted by atomic mass is 10.0. The molecule has 2 aromatic rings. The fourth-order valence-corrected chi connectivity index (χ4v) is 2.12. The van der Waals surface area contributed by atoms with Crippen molar-refractivity contribution < 1.29 is 9.18 Å². The molecule has 7 heteroatoms. The average molecular weight is 297 g/mol. The van der Waals surface area contributed by atoms with Crippen LogP contribution in [0.2, 0.25) is 5.02 Å². The zero-order valence-corrected chi connectivity index (χ0v) is 12.1. The molecule has 0 unspecified atom stereocenters. The van der Waals surface area contributed by atoms with Crippen molar-refractivity contribution in [2.24, 2.45) is 0 Å². The molecule has 20 heavy (non-hydrogen) atoms. The normalized spacial score (nSPS) is 11.7. The summed E-state index contributed by atoms with van der Waals surface area (Å²) >= 11 is 6.06. The van der Waals surface area contributed by atoms with Crippen LogP contribution in [0.3, 0.4) is 0 Å². The van der Waals surface area contributed by atoms with E-state index in [0.29, 0.717) is 0 Å². The molecule has 0 saturated carbocycles. The summed E-state index contributed by atoms with van der Waals surface area (Å²) in [4.78, 5) is 15.7. The fraction of sp³-hybridized carbons (Fsp3) is 0.308. The van der Waals surface area contributed by atoms with Crippen molar-refractivity contribution in [1.29, 1.82) is 0 Å². The van der Waals surface area contributed by atoms with Crippen molar-refractivity contribution in [3.8, 4) is 5.82 Å². The highest BCUT2D eigenvalue weighted by atomic mass is 35.5. The second-order valence-corrected chi connectivity index (χ2v) is 5.30. The summed E-state index contributed by atoms with van der Waals surface area (Å²) in [5, 5.41) is 4.30. The predicted molar refractivity (Wildman–Crippen MR) is 74.9 cm³/mol. The van der Waals surface area contributed by atoms with Crippen LogP contribution in [0.5, 0.6) is 0 Å². The standard InChI is InChI=1S/C13H14ClFN4O/c1-7(20)8-6-17-19(11(8)13(2,3)15)12-9(14)4-5-10(16)18-12/h4-6H,1-3H3,(H2,16,18). The van der Waals surface area contributed by atoms with Crippen molar-refractivity contribution in [1.82, 2.24) is 14.8 Å². The SMILES string of the molecule is CC(=O)c1cnn(-c2nc(N)ccc2Cl)c1C(C)(C)F. The van der Waals surface area contributed by atoms with E-state index in [4.69, 9.17) is 17.3 Å². The molecular weight excluding hydrogens is 283 g/mol. The van der Waals surface area contributed by atoms with E-state index in [1.807, 2.05) is 0 Å². The maximum Gasteiger partial charge on any atom is 0.174 e. The first kappa shape index (κ1) is 14.5. The molecule has 2 heterocycles. The topological polar surface area (TPSA) is 73.8 Å². The number of hydrogen-bond acceptors (Lipinski definition) is 4. The number of carbonyl (C=O) groups excluding carboxylic acids is 1. The number of nitrogen functional groups attached to an aromatic ring is 1. The highest BCUT2D eigenvalue weighted by Gasteiger charge is 2.31. The molecule has 0 saturated heterocycles. The van der Waals surface area contributed by atoms with E-state index in [1.165, 1.54) is 37.7 Å². The van der Waals surface area contributed by atoms with E-state index in [2.05, 4.69) is 10.1 Å². The van der Waals surface area contributed by atoms with Gasteiger partial charge in [-0.1, -0.05) is 11.6 Å². The number of rotatable bonds is 3. The number of Topliss-reactive ketones (excluding diaryl/α,β-unsaturated/α-hetero) is 1. The predicted octanol–water partition coefficient (Wildman–Crippen LogP) is 2.91. The van der Waals surface area contributed by atoms with Gasteiger partial charge in [-0.15, -0.1) is 0 Å². The summed E-state index contributed by atoms with van der Waals surface area (Å²) < 4.78 is 15.7. The lowest BCUT2D eigenvalue weighted by Gasteiger charge is -2.18. The molecule has 2 aromatic heterocycles. The van der Waals surface area contributed by atoms with Gasteiger partial charge in [-0.2, -0.15) is 5.10 Å². The smallest absolute Gasteiger partial charge is 0.174 e. The lowest BCUT2D eigenvalue weighted by molar-refractivity contribution is 0.101. The van der Waals surface area contributed by atoms with E-state index < -0.39 is 5.67 Å². The number of ketones is 1. The van der Waals surface area contributed by atoms with Crippen LogP contribution in [-0.4, -0.2) is 20.5 Å². The quantitative estimate of drug-likeness (QED) is 0.884. The van der Waals surface area contributed by atoms with Gasteiger partial charge in [-0.05, 0) is 32.9 Å². The summed E-state index contributed by atoms with van der Waals surface area (Å²) in [5.41, 5.74) is 4.13. The minimum Gasteiger partial charge on any atom is -0.384 e. The third-order valence-electron chi connectivity index (χ3n) is 2.76. The summed E-state index contributed by atoms with van der Waals surface area (Å²) in [5.74, 6) is 0.142. The number of carbonyl (C=O) groups is 1. The number of alkyl halides is 1. The van der Waals surface area contributed by atoms with Gasteiger partial charge in [0.15, 0.2) is 11.6 Å². The molecule has 0 radical (unpaired) electrons. The molecule has 0 bridgehead atoms. The average Bonchev–Trinajstić information content (AvgIpc) is 2.76. The Morgan fingerprint density at radius 2 is 2.10 bits per heavy atom. The van der Waals surface area contributed by atoms with Gasteiger partial charge in [0.25, 0.3) is 0 Å². The second kappa shape index (κ2) is 4.86. The fourth-order valence-electron chi connectivity index (χ4n) is 1.93. The van der Waals surface area contributed by atoms with Gasteiger partial charge in [0.1, 0.15) is 11.5 Å². The number of nitrogens with two attached hydrogens (primary N) is 1. The molecule has 0 aliphatic heterocycles. The summed E-state index contributed by atoms with van der Waals surface area (Å²) in [6.45, 7) is 4.03. The monoisotopic (exact) mass is 296 g/mol. The highest BCUT2D eigenvalue weighted by molar-refractivity contribution is 6.32. The molecule has 0 aliphatic carbocycles. The third kappa shape index (κ3) is 2.51. The number of anilines is 1. The van der Waals surface area contributed by atoms with Crippen molar-refractivity contribution >= 4 is 23.2 Å². The molecular formula is C13H14ClFN4O. The van der Waals surface area contributed by atoms with Gasteiger partial charge < -0.3 is 5.73 Å². The Bertz CT molecular complexity index is 675. The van der Waals surface area contributed by atoms with Crippen LogP contribution in [-0.2, 0) is 5.67 Å². The highest BCUT2D eigenvalue weighted by Crippen LogP contribution is 2.31. The van der Waals surface area contributed by atoms with Crippen LogP contribution < -0.4 is 5.73 Å². The molecule has 0 fully saturated rings. The Balaban J connectivity index is 2.75. The minimum absolute atomic E-state index is 0.102. The summed E-state index contributed by atoms with van der Waals surface area (Å²) in [7, 11) is 0. The molecule has 0 amide bonds. The van der Waals surface area contributed by atoms with Crippen molar-refractivity contribution in [2.75, 3.05) is 5.73 Å². The zero-order valence-electron chi connectivity index (χ0n) is 11.3. The summed E-state index contributed by atoms with van der Waals surface area (Å²) in [6, 6.07) is 3.07. The van der Waals surface area contributed by atoms with Crippen LogP contribution in [0.15, 0.2) is 18.3 Å². The Morgan fingerprint density at radius 1 is 1.45 bits per heavy atom. The number of pyridine rings is 1. The second-order valence-electron chi connectivity index (χ2n) is 4.89. The van der Waals surface area contributed by atoms with E-state index in [0.717, 1.165) is 0 Å². The van der Waals surface area contributed by atoms with Crippen LogP contribution in [0.25, 0.3) is 5.82 Å². The molecule has 2 rings (SSSR count). The lowest BCUT2D eigenvalue weighted by Crippen LogP contribution is -2.20. The van der Waals surface area contributed by atoms with Crippen LogP contribution in [0.1, 0.15) is 36.8 Å². The van der Waals surface area contributed by atoms with E-state index in [-0.39, 0.29) is 33.7 Å². The maximum absolute atomic E-state index is 14.4.